The molecule has 0 unspecified atom stereocenters. The number of urea groups is 1. The molecule has 0 saturated heterocycles. The van der Waals surface area contributed by atoms with E-state index in [2.05, 4.69) is 5.32 Å². The second-order valence-corrected chi connectivity index (χ2v) is 3.87. The monoisotopic (exact) mass is 286 g/mol. The van der Waals surface area contributed by atoms with Gasteiger partial charge in [-0.05, 0) is 17.7 Å². The Morgan fingerprint density at radius 2 is 1.80 bits per heavy atom. The Hall–Kier alpha value is -2.51. The van der Waals surface area contributed by atoms with Crippen LogP contribution in [-0.4, -0.2) is 23.0 Å². The number of carboxylic acids is 1. The largest absolute Gasteiger partial charge is 0.481 e. The van der Waals surface area contributed by atoms with Crippen molar-refractivity contribution in [2.45, 2.75) is 19.4 Å². The summed E-state index contributed by atoms with van der Waals surface area (Å²) in [7, 11) is 0. The highest BCUT2D eigenvalue weighted by Gasteiger charge is 2.09. The zero-order valence-corrected chi connectivity index (χ0v) is 10.3. The lowest BCUT2D eigenvalue weighted by molar-refractivity contribution is -0.138. The molecule has 6 nitrogen and oxygen atoms in total. The van der Waals surface area contributed by atoms with E-state index < -0.39 is 29.5 Å². The third kappa shape index (κ3) is 5.42. The molecule has 3 N–H and O–H groups in total. The second-order valence-electron chi connectivity index (χ2n) is 3.87. The van der Waals surface area contributed by atoms with Crippen molar-refractivity contribution in [3.05, 3.63) is 35.4 Å². The number of imide groups is 1. The Kier molecular flexibility index (Phi) is 5.57. The maximum absolute atomic E-state index is 12.9. The van der Waals surface area contributed by atoms with E-state index in [-0.39, 0.29) is 19.4 Å². The molecule has 0 aliphatic rings. The van der Waals surface area contributed by atoms with E-state index in [1.54, 1.807) is 0 Å². The molecule has 0 heterocycles. The molecule has 1 aromatic carbocycles. The van der Waals surface area contributed by atoms with Crippen LogP contribution in [0.25, 0.3) is 0 Å². The van der Waals surface area contributed by atoms with Crippen molar-refractivity contribution in [3.63, 3.8) is 0 Å². The summed E-state index contributed by atoms with van der Waals surface area (Å²) in [6.07, 6.45) is -0.712. The van der Waals surface area contributed by atoms with Gasteiger partial charge in [0, 0.05) is 13.0 Å². The van der Waals surface area contributed by atoms with Gasteiger partial charge < -0.3 is 10.4 Å². The summed E-state index contributed by atoms with van der Waals surface area (Å²) >= 11 is 0. The van der Waals surface area contributed by atoms with Gasteiger partial charge in [-0.2, -0.15) is 0 Å². The Balaban J connectivity index is 2.37. The van der Waals surface area contributed by atoms with E-state index in [9.17, 15) is 23.2 Å². The number of nitrogens with one attached hydrogen (secondary N) is 2. The van der Waals surface area contributed by atoms with Gasteiger partial charge in [0.05, 0.1) is 6.42 Å². The Morgan fingerprint density at radius 3 is 2.40 bits per heavy atom. The van der Waals surface area contributed by atoms with Crippen molar-refractivity contribution in [1.82, 2.24) is 10.6 Å². The molecule has 3 amide bonds. The molecule has 20 heavy (non-hydrogen) atoms. The first-order valence-electron chi connectivity index (χ1n) is 5.62. The van der Waals surface area contributed by atoms with Crippen LogP contribution in [-0.2, 0) is 16.1 Å². The van der Waals surface area contributed by atoms with Gasteiger partial charge in [-0.25, -0.2) is 13.6 Å². The average molecular weight is 286 g/mol. The normalized spacial score (nSPS) is 9.90. The quantitative estimate of drug-likeness (QED) is 0.756. The fourth-order valence-electron chi connectivity index (χ4n) is 1.29. The van der Waals surface area contributed by atoms with Crippen LogP contribution in [0.4, 0.5) is 13.6 Å². The summed E-state index contributed by atoms with van der Waals surface area (Å²) in [5, 5.41) is 12.5. The third-order valence-corrected chi connectivity index (χ3v) is 2.26. The molecule has 0 aliphatic heterocycles. The molecule has 1 aromatic rings. The molecule has 0 saturated carbocycles. The summed E-state index contributed by atoms with van der Waals surface area (Å²) in [5.41, 5.74) is 0.317. The van der Waals surface area contributed by atoms with E-state index in [4.69, 9.17) is 5.11 Å². The zero-order chi connectivity index (χ0) is 15.1. The zero-order valence-electron chi connectivity index (χ0n) is 10.3. The van der Waals surface area contributed by atoms with Crippen LogP contribution >= 0.6 is 0 Å². The Morgan fingerprint density at radius 1 is 1.10 bits per heavy atom. The van der Waals surface area contributed by atoms with Crippen LogP contribution in [0, 0.1) is 11.6 Å². The Labute approximate surface area is 112 Å². The van der Waals surface area contributed by atoms with Crippen molar-refractivity contribution >= 4 is 17.9 Å². The Bertz CT molecular complexity index is 534. The first kappa shape index (κ1) is 15.5. The number of hydrogen-bond donors (Lipinski definition) is 3. The first-order chi connectivity index (χ1) is 9.38. The van der Waals surface area contributed by atoms with Crippen LogP contribution < -0.4 is 10.6 Å². The standard InChI is InChI=1S/C12H12F2N2O4/c13-8-2-1-7(5-9(8)14)6-15-12(20)16-10(17)3-4-11(18)19/h1-2,5H,3-4,6H2,(H,18,19)(H2,15,16,17,20). The van der Waals surface area contributed by atoms with Gasteiger partial charge in [-0.1, -0.05) is 6.07 Å². The molecule has 0 atom stereocenters. The van der Waals surface area contributed by atoms with E-state index in [1.807, 2.05) is 5.32 Å². The third-order valence-electron chi connectivity index (χ3n) is 2.26. The van der Waals surface area contributed by atoms with Gasteiger partial charge in [0.25, 0.3) is 0 Å². The number of carbonyl (C=O) groups excluding carboxylic acids is 2. The van der Waals surface area contributed by atoms with Crippen molar-refractivity contribution in [3.8, 4) is 0 Å². The van der Waals surface area contributed by atoms with Crippen LogP contribution in [0.15, 0.2) is 18.2 Å². The van der Waals surface area contributed by atoms with Gasteiger partial charge in [0.15, 0.2) is 11.6 Å². The maximum Gasteiger partial charge on any atom is 0.321 e. The number of hydrogen-bond acceptors (Lipinski definition) is 3. The van der Waals surface area contributed by atoms with Crippen LogP contribution in [0.5, 0.6) is 0 Å². The molecule has 108 valence electrons. The first-order valence-corrected chi connectivity index (χ1v) is 5.62. The predicted molar refractivity (Wildman–Crippen MR) is 63.6 cm³/mol. The minimum absolute atomic E-state index is 0.102. The van der Waals surface area contributed by atoms with Crippen molar-refractivity contribution in [1.29, 1.82) is 0 Å². The number of halogens is 2. The lowest BCUT2D eigenvalue weighted by Gasteiger charge is -2.06. The van der Waals surface area contributed by atoms with Gasteiger partial charge in [0.1, 0.15) is 0 Å². The van der Waals surface area contributed by atoms with E-state index in [0.717, 1.165) is 12.1 Å². The highest BCUT2D eigenvalue weighted by atomic mass is 19.2. The highest BCUT2D eigenvalue weighted by molar-refractivity contribution is 5.95. The fraction of sp³-hybridized carbons (Fsp3) is 0.250. The van der Waals surface area contributed by atoms with Crippen molar-refractivity contribution < 1.29 is 28.3 Å². The lowest BCUT2D eigenvalue weighted by Crippen LogP contribution is -2.39. The summed E-state index contributed by atoms with van der Waals surface area (Å²) in [5.74, 6) is -3.93. The average Bonchev–Trinajstić information content (AvgIpc) is 2.38. The molecule has 0 aliphatic carbocycles. The molecule has 8 heteroatoms. The molecule has 0 spiro atoms. The molecular weight excluding hydrogens is 274 g/mol. The lowest BCUT2D eigenvalue weighted by atomic mass is 10.2. The molecular formula is C12H12F2N2O4. The van der Waals surface area contributed by atoms with Crippen LogP contribution in [0.3, 0.4) is 0 Å². The molecule has 0 fully saturated rings. The van der Waals surface area contributed by atoms with Gasteiger partial charge in [0.2, 0.25) is 5.91 Å². The number of aliphatic carboxylic acids is 1. The van der Waals surface area contributed by atoms with E-state index >= 15 is 0 Å². The minimum Gasteiger partial charge on any atom is -0.481 e. The molecule has 0 aromatic heterocycles. The minimum atomic E-state index is -1.15. The number of benzene rings is 1. The van der Waals surface area contributed by atoms with Crippen LogP contribution in [0.1, 0.15) is 18.4 Å². The van der Waals surface area contributed by atoms with Crippen LogP contribution in [0.2, 0.25) is 0 Å². The van der Waals surface area contributed by atoms with Crippen molar-refractivity contribution in [2.24, 2.45) is 0 Å². The summed E-state index contributed by atoms with van der Waals surface area (Å²) in [4.78, 5) is 32.6. The maximum atomic E-state index is 12.9. The fourth-order valence-corrected chi connectivity index (χ4v) is 1.29. The van der Waals surface area contributed by atoms with E-state index in [0.29, 0.717) is 5.56 Å². The van der Waals surface area contributed by atoms with Crippen molar-refractivity contribution in [2.75, 3.05) is 0 Å². The molecule has 1 rings (SSSR count). The number of carboxylic acid groups (broad SMARTS) is 1. The summed E-state index contributed by atoms with van der Waals surface area (Å²) < 4.78 is 25.5. The van der Waals surface area contributed by atoms with Gasteiger partial charge in [-0.3, -0.25) is 14.9 Å². The highest BCUT2D eigenvalue weighted by Crippen LogP contribution is 2.08. The van der Waals surface area contributed by atoms with Gasteiger partial charge >= 0.3 is 12.0 Å². The predicted octanol–water partition coefficient (Wildman–Crippen LogP) is 1.16. The topological polar surface area (TPSA) is 95.5 Å². The van der Waals surface area contributed by atoms with Gasteiger partial charge in [-0.15, -0.1) is 0 Å². The van der Waals surface area contributed by atoms with E-state index in [1.165, 1.54) is 6.07 Å². The second kappa shape index (κ2) is 7.17. The molecule has 0 bridgehead atoms. The number of amides is 3. The summed E-state index contributed by atoms with van der Waals surface area (Å²) in [6.45, 7) is -0.102. The number of rotatable bonds is 5. The summed E-state index contributed by atoms with van der Waals surface area (Å²) in [6, 6.07) is 2.28. The molecule has 0 radical (unpaired) electrons. The SMILES string of the molecule is O=C(O)CCC(=O)NC(=O)NCc1ccc(F)c(F)c1. The smallest absolute Gasteiger partial charge is 0.321 e. The number of carbonyl (C=O) groups is 3.